The van der Waals surface area contributed by atoms with Crippen LogP contribution in [-0.4, -0.2) is 34.4 Å². The van der Waals surface area contributed by atoms with Crippen molar-refractivity contribution in [2.75, 3.05) is 6.54 Å². The highest BCUT2D eigenvalue weighted by molar-refractivity contribution is 6.30. The molecule has 0 unspecified atom stereocenters. The van der Waals surface area contributed by atoms with Crippen molar-refractivity contribution in [2.24, 2.45) is 5.73 Å². The van der Waals surface area contributed by atoms with Crippen molar-refractivity contribution in [3.63, 3.8) is 0 Å². The second kappa shape index (κ2) is 10.5. The number of nitrogens with two attached hydrogens (primary N) is 1. The van der Waals surface area contributed by atoms with E-state index in [0.29, 0.717) is 18.2 Å². The van der Waals surface area contributed by atoms with Gasteiger partial charge in [0.1, 0.15) is 0 Å². The maximum absolute atomic E-state index is 13.7. The molecule has 178 valence electrons. The molecule has 2 saturated carbocycles. The number of amides is 1. The van der Waals surface area contributed by atoms with Crippen LogP contribution in [0.15, 0.2) is 73.1 Å². The molecule has 2 N–H and O–H groups in total. The number of benzene rings is 2. The largest absolute Gasteiger partial charge is 0.333 e. The molecule has 1 heterocycles. The normalized spacial score (nSPS) is 22.0. The van der Waals surface area contributed by atoms with E-state index in [1.54, 1.807) is 6.20 Å². The van der Waals surface area contributed by atoms with Gasteiger partial charge in [0.15, 0.2) is 0 Å². The zero-order valence-corrected chi connectivity index (χ0v) is 20.8. The number of rotatable bonds is 6. The Balaban J connectivity index is 0.00000274. The molecule has 0 bridgehead atoms. The van der Waals surface area contributed by atoms with Crippen molar-refractivity contribution in [3.05, 3.63) is 89.2 Å². The summed E-state index contributed by atoms with van der Waals surface area (Å²) < 4.78 is 0. The molecule has 2 aliphatic carbocycles. The highest BCUT2D eigenvalue weighted by Gasteiger charge is 2.43. The molecule has 5 rings (SSSR count). The minimum atomic E-state index is -0.0611. The predicted molar refractivity (Wildman–Crippen MR) is 141 cm³/mol. The Morgan fingerprint density at radius 1 is 0.941 bits per heavy atom. The molecular weight excluding hydrogens is 465 g/mol. The van der Waals surface area contributed by atoms with Gasteiger partial charge in [0, 0.05) is 47.0 Å². The third-order valence-corrected chi connectivity index (χ3v) is 7.64. The van der Waals surface area contributed by atoms with E-state index in [2.05, 4.69) is 22.0 Å². The summed E-state index contributed by atoms with van der Waals surface area (Å²) in [4.78, 5) is 20.3. The summed E-state index contributed by atoms with van der Waals surface area (Å²) in [5, 5.41) is 0.753. The molecule has 0 radical (unpaired) electrons. The highest BCUT2D eigenvalue weighted by Crippen LogP contribution is 2.43. The summed E-state index contributed by atoms with van der Waals surface area (Å²) in [5.41, 5.74) is 10.2. The fourth-order valence-electron chi connectivity index (χ4n) is 5.34. The van der Waals surface area contributed by atoms with Gasteiger partial charge in [-0.3, -0.25) is 9.78 Å². The van der Waals surface area contributed by atoms with Crippen molar-refractivity contribution in [2.45, 2.75) is 56.0 Å². The Morgan fingerprint density at radius 2 is 1.65 bits per heavy atom. The van der Waals surface area contributed by atoms with Crippen LogP contribution < -0.4 is 5.73 Å². The minimum Gasteiger partial charge on any atom is -0.333 e. The SMILES string of the molecule is Cl.NC[C@]1(c2cccc(Cl)c2)CC[C@H](N(C(=O)c2cncc(-c3ccccc3)c2)C2CC2)CC1. The average Bonchev–Trinajstić information content (AvgIpc) is 3.70. The van der Waals surface area contributed by atoms with Gasteiger partial charge >= 0.3 is 0 Å². The molecule has 0 atom stereocenters. The molecule has 1 amide bonds. The molecule has 3 aromatic rings. The summed E-state index contributed by atoms with van der Waals surface area (Å²) >= 11 is 6.28. The van der Waals surface area contributed by atoms with Crippen molar-refractivity contribution < 1.29 is 4.79 Å². The monoisotopic (exact) mass is 495 g/mol. The summed E-state index contributed by atoms with van der Waals surface area (Å²) in [6.07, 6.45) is 9.56. The van der Waals surface area contributed by atoms with E-state index in [0.717, 1.165) is 54.7 Å². The van der Waals surface area contributed by atoms with E-state index in [9.17, 15) is 4.79 Å². The lowest BCUT2D eigenvalue weighted by atomic mass is 9.68. The second-order valence-electron chi connectivity index (χ2n) is 9.50. The van der Waals surface area contributed by atoms with Gasteiger partial charge in [-0.2, -0.15) is 0 Å². The maximum atomic E-state index is 13.7. The summed E-state index contributed by atoms with van der Waals surface area (Å²) in [5.74, 6) is 0.107. The number of pyridine rings is 1. The zero-order chi connectivity index (χ0) is 22.8. The number of hydrogen-bond donors (Lipinski definition) is 1. The molecule has 4 nitrogen and oxygen atoms in total. The van der Waals surface area contributed by atoms with Gasteiger partial charge in [0.2, 0.25) is 0 Å². The maximum Gasteiger partial charge on any atom is 0.255 e. The molecule has 0 aliphatic heterocycles. The van der Waals surface area contributed by atoms with Gasteiger partial charge in [-0.25, -0.2) is 0 Å². The van der Waals surface area contributed by atoms with Gasteiger partial charge in [-0.1, -0.05) is 54.1 Å². The number of hydrogen-bond acceptors (Lipinski definition) is 3. The Labute approximate surface area is 212 Å². The van der Waals surface area contributed by atoms with Crippen LogP contribution in [0.5, 0.6) is 0 Å². The van der Waals surface area contributed by atoms with Crippen LogP contribution in [0.1, 0.15) is 54.4 Å². The van der Waals surface area contributed by atoms with Crippen molar-refractivity contribution in [3.8, 4) is 11.1 Å². The Hall–Kier alpha value is -2.40. The molecule has 0 spiro atoms. The highest BCUT2D eigenvalue weighted by atomic mass is 35.5. The van der Waals surface area contributed by atoms with Crippen LogP contribution in [0.3, 0.4) is 0 Å². The standard InChI is InChI=1S/C28H30ClN3O.ClH/c29-24-8-4-7-23(16-24)28(19-30)13-11-26(12-14-28)32(25-9-10-25)27(33)22-15-21(17-31-18-22)20-5-2-1-3-6-20;/h1-8,15-18,25-26H,9-14,19,30H2;1H/t26-,28-;. The summed E-state index contributed by atoms with van der Waals surface area (Å²) in [7, 11) is 0. The van der Waals surface area contributed by atoms with E-state index >= 15 is 0 Å². The molecule has 2 fully saturated rings. The number of aromatic nitrogens is 1. The molecule has 34 heavy (non-hydrogen) atoms. The van der Waals surface area contributed by atoms with E-state index in [4.69, 9.17) is 17.3 Å². The molecule has 6 heteroatoms. The first-order valence-corrected chi connectivity index (χ1v) is 12.3. The predicted octanol–water partition coefficient (Wildman–Crippen LogP) is 6.27. The first-order chi connectivity index (χ1) is 16.1. The number of carbonyl (C=O) groups is 1. The van der Waals surface area contributed by atoms with Gasteiger partial charge in [0.25, 0.3) is 5.91 Å². The zero-order valence-electron chi connectivity index (χ0n) is 19.2. The number of nitrogens with zero attached hydrogens (tertiary/aromatic N) is 2. The van der Waals surface area contributed by atoms with Gasteiger partial charge in [0.05, 0.1) is 5.56 Å². The third-order valence-electron chi connectivity index (χ3n) is 7.40. The smallest absolute Gasteiger partial charge is 0.255 e. The van der Waals surface area contributed by atoms with Crippen molar-refractivity contribution in [1.82, 2.24) is 9.88 Å². The lowest BCUT2D eigenvalue weighted by Crippen LogP contribution is -2.48. The molecular formula is C28H31Cl2N3O. The fourth-order valence-corrected chi connectivity index (χ4v) is 5.53. The minimum absolute atomic E-state index is 0. The quantitative estimate of drug-likeness (QED) is 0.438. The van der Waals surface area contributed by atoms with Crippen LogP contribution in [-0.2, 0) is 5.41 Å². The Kier molecular flexibility index (Phi) is 7.61. The van der Waals surface area contributed by atoms with E-state index in [-0.39, 0.29) is 29.8 Å². The first kappa shape index (κ1) is 24.7. The number of carbonyl (C=O) groups excluding carboxylic acids is 1. The summed E-state index contributed by atoms with van der Waals surface area (Å²) in [6, 6.07) is 20.8. The van der Waals surface area contributed by atoms with Crippen LogP contribution >= 0.6 is 24.0 Å². The van der Waals surface area contributed by atoms with Crippen molar-refractivity contribution >= 4 is 29.9 Å². The van der Waals surface area contributed by atoms with E-state index in [1.807, 2.05) is 54.7 Å². The Bertz CT molecular complexity index is 1130. The topological polar surface area (TPSA) is 59.2 Å². The fraction of sp³-hybridized carbons (Fsp3) is 0.357. The first-order valence-electron chi connectivity index (χ1n) is 11.9. The average molecular weight is 496 g/mol. The van der Waals surface area contributed by atoms with E-state index < -0.39 is 0 Å². The lowest BCUT2D eigenvalue weighted by molar-refractivity contribution is 0.0572. The van der Waals surface area contributed by atoms with E-state index in [1.165, 1.54) is 5.56 Å². The third kappa shape index (κ3) is 5.00. The molecule has 2 aromatic carbocycles. The van der Waals surface area contributed by atoms with Crippen LogP contribution in [0.25, 0.3) is 11.1 Å². The van der Waals surface area contributed by atoms with Gasteiger partial charge in [-0.05, 0) is 67.9 Å². The van der Waals surface area contributed by atoms with Crippen LogP contribution in [0.4, 0.5) is 0 Å². The molecule has 2 aliphatic rings. The number of halogens is 2. The lowest BCUT2D eigenvalue weighted by Gasteiger charge is -2.44. The van der Waals surface area contributed by atoms with Crippen LogP contribution in [0.2, 0.25) is 5.02 Å². The molecule has 0 saturated heterocycles. The van der Waals surface area contributed by atoms with Crippen molar-refractivity contribution in [1.29, 1.82) is 0 Å². The van der Waals surface area contributed by atoms with Crippen LogP contribution in [0, 0.1) is 0 Å². The van der Waals surface area contributed by atoms with Gasteiger partial charge in [-0.15, -0.1) is 12.4 Å². The van der Waals surface area contributed by atoms with Gasteiger partial charge < -0.3 is 10.6 Å². The second-order valence-corrected chi connectivity index (χ2v) is 9.93. The molecule has 1 aromatic heterocycles. The Morgan fingerprint density at radius 3 is 2.29 bits per heavy atom. The summed E-state index contributed by atoms with van der Waals surface area (Å²) in [6.45, 7) is 0.598.